The summed E-state index contributed by atoms with van der Waals surface area (Å²) in [5.41, 5.74) is 1.39. The Balaban J connectivity index is 2.15. The smallest absolute Gasteiger partial charge is 0.326 e. The number of carboxylic acid groups (broad SMARTS) is 1. The van der Waals surface area contributed by atoms with E-state index in [0.717, 1.165) is 5.69 Å². The van der Waals surface area contributed by atoms with E-state index in [4.69, 9.17) is 16.7 Å². The minimum absolute atomic E-state index is 0.311. The van der Waals surface area contributed by atoms with Gasteiger partial charge in [-0.15, -0.1) is 0 Å². The van der Waals surface area contributed by atoms with E-state index in [-0.39, 0.29) is 5.91 Å². The molecule has 0 aliphatic carbocycles. The number of hydrogen-bond donors (Lipinski definition) is 1. The summed E-state index contributed by atoms with van der Waals surface area (Å²) >= 11 is 6.07. The highest BCUT2D eigenvalue weighted by molar-refractivity contribution is 6.31. The van der Waals surface area contributed by atoms with Crippen LogP contribution in [0.5, 0.6) is 0 Å². The summed E-state index contributed by atoms with van der Waals surface area (Å²) in [5, 5.41) is 13.6. The van der Waals surface area contributed by atoms with Crippen molar-refractivity contribution >= 4 is 29.6 Å². The number of hydrogen-bond acceptors (Lipinski definition) is 3. The lowest BCUT2D eigenvalue weighted by molar-refractivity contribution is -0.146. The maximum absolute atomic E-state index is 12.1. The molecular formula is C13H16ClN3O3. The SMILES string of the molecule is Cc1nn(C)c(Cl)c1/C=C/C(=O)N1CCC[C@H]1C(=O)O. The fourth-order valence-electron chi connectivity index (χ4n) is 2.37. The molecule has 1 fully saturated rings. The monoisotopic (exact) mass is 297 g/mol. The zero-order valence-corrected chi connectivity index (χ0v) is 12.1. The second-order valence-corrected chi connectivity index (χ2v) is 5.13. The van der Waals surface area contributed by atoms with Crippen LogP contribution in [0.2, 0.25) is 5.15 Å². The quantitative estimate of drug-likeness (QED) is 0.857. The normalized spacial score (nSPS) is 18.9. The van der Waals surface area contributed by atoms with Gasteiger partial charge in [-0.2, -0.15) is 5.10 Å². The zero-order chi connectivity index (χ0) is 14.9. The van der Waals surface area contributed by atoms with Crippen LogP contribution >= 0.6 is 11.6 Å². The molecule has 1 aliphatic heterocycles. The molecule has 2 rings (SSSR count). The van der Waals surface area contributed by atoms with E-state index < -0.39 is 12.0 Å². The van der Waals surface area contributed by atoms with Gasteiger partial charge in [0.25, 0.3) is 0 Å². The van der Waals surface area contributed by atoms with E-state index in [1.807, 2.05) is 0 Å². The first kappa shape index (κ1) is 14.6. The molecule has 1 saturated heterocycles. The van der Waals surface area contributed by atoms with Crippen molar-refractivity contribution in [2.45, 2.75) is 25.8 Å². The summed E-state index contributed by atoms with van der Waals surface area (Å²) in [5.74, 6) is -1.27. The van der Waals surface area contributed by atoms with E-state index >= 15 is 0 Å². The van der Waals surface area contributed by atoms with Crippen LogP contribution in [0.25, 0.3) is 6.08 Å². The highest BCUT2D eigenvalue weighted by atomic mass is 35.5. The fourth-order valence-corrected chi connectivity index (χ4v) is 2.61. The molecule has 0 saturated carbocycles. The standard InChI is InChI=1S/C13H16ClN3O3/c1-8-9(12(14)16(2)15-8)5-6-11(18)17-7-3-4-10(17)13(19)20/h5-6,10H,3-4,7H2,1-2H3,(H,19,20)/b6-5+/t10-/m0/s1. The number of nitrogens with zero attached hydrogens (tertiary/aromatic N) is 3. The highest BCUT2D eigenvalue weighted by Gasteiger charge is 2.32. The molecule has 1 amide bonds. The summed E-state index contributed by atoms with van der Waals surface area (Å²) in [6.07, 6.45) is 4.16. The maximum Gasteiger partial charge on any atom is 0.326 e. The zero-order valence-electron chi connectivity index (χ0n) is 11.3. The maximum atomic E-state index is 12.1. The van der Waals surface area contributed by atoms with Crippen molar-refractivity contribution in [1.29, 1.82) is 0 Å². The van der Waals surface area contributed by atoms with Crippen LogP contribution in [0.15, 0.2) is 6.08 Å². The molecule has 2 heterocycles. The molecule has 1 aliphatic rings. The molecule has 6 nitrogen and oxygen atoms in total. The first-order chi connectivity index (χ1) is 9.41. The van der Waals surface area contributed by atoms with Gasteiger partial charge < -0.3 is 10.0 Å². The molecule has 0 radical (unpaired) electrons. The molecule has 108 valence electrons. The summed E-state index contributed by atoms with van der Waals surface area (Å²) in [4.78, 5) is 24.5. The summed E-state index contributed by atoms with van der Waals surface area (Å²) in [6, 6.07) is -0.724. The Morgan fingerprint density at radius 3 is 2.75 bits per heavy atom. The Hall–Kier alpha value is -1.82. The third-order valence-electron chi connectivity index (χ3n) is 3.41. The number of likely N-dealkylation sites (tertiary alicyclic amines) is 1. The van der Waals surface area contributed by atoms with Crippen LogP contribution in [0.3, 0.4) is 0 Å². The number of carbonyl (C=O) groups is 2. The van der Waals surface area contributed by atoms with Gasteiger partial charge in [-0.3, -0.25) is 9.48 Å². The van der Waals surface area contributed by atoms with E-state index in [1.165, 1.54) is 15.7 Å². The number of aliphatic carboxylic acids is 1. The predicted molar refractivity (Wildman–Crippen MR) is 74.4 cm³/mol. The van der Waals surface area contributed by atoms with Gasteiger partial charge in [0.2, 0.25) is 5.91 Å². The van der Waals surface area contributed by atoms with Crippen molar-refractivity contribution in [2.75, 3.05) is 6.54 Å². The van der Waals surface area contributed by atoms with Crippen molar-refractivity contribution < 1.29 is 14.7 Å². The summed E-state index contributed by atoms with van der Waals surface area (Å²) in [6.45, 7) is 2.27. The molecule has 0 spiro atoms. The molecule has 0 aromatic carbocycles. The van der Waals surface area contributed by atoms with E-state index in [1.54, 1.807) is 20.0 Å². The lowest BCUT2D eigenvalue weighted by Crippen LogP contribution is -2.39. The van der Waals surface area contributed by atoms with Crippen LogP contribution < -0.4 is 0 Å². The van der Waals surface area contributed by atoms with Gasteiger partial charge in [0.05, 0.1) is 5.69 Å². The number of carbonyl (C=O) groups excluding carboxylic acids is 1. The van der Waals surface area contributed by atoms with Crippen LogP contribution in [-0.2, 0) is 16.6 Å². The molecule has 1 atom stereocenters. The largest absolute Gasteiger partial charge is 0.480 e. The lowest BCUT2D eigenvalue weighted by atomic mass is 10.2. The summed E-state index contributed by atoms with van der Waals surface area (Å²) < 4.78 is 1.52. The average Bonchev–Trinajstić information content (AvgIpc) is 2.95. The minimum Gasteiger partial charge on any atom is -0.480 e. The Kier molecular flexibility index (Phi) is 4.13. The van der Waals surface area contributed by atoms with E-state index in [9.17, 15) is 9.59 Å². The number of amides is 1. The average molecular weight is 298 g/mol. The third-order valence-corrected chi connectivity index (χ3v) is 3.86. The molecular weight excluding hydrogens is 282 g/mol. The van der Waals surface area contributed by atoms with Crippen molar-refractivity contribution in [1.82, 2.24) is 14.7 Å². The first-order valence-electron chi connectivity index (χ1n) is 6.32. The van der Waals surface area contributed by atoms with Gasteiger partial charge in [-0.05, 0) is 25.8 Å². The third kappa shape index (κ3) is 2.70. The lowest BCUT2D eigenvalue weighted by Gasteiger charge is -2.19. The predicted octanol–water partition coefficient (Wildman–Crippen LogP) is 1.47. The van der Waals surface area contributed by atoms with Gasteiger partial charge in [-0.25, -0.2) is 4.79 Å². The molecule has 1 aromatic heterocycles. The Morgan fingerprint density at radius 1 is 1.50 bits per heavy atom. The van der Waals surface area contributed by atoms with Crippen molar-refractivity contribution in [3.05, 3.63) is 22.5 Å². The Labute approximate surface area is 121 Å². The molecule has 0 unspecified atom stereocenters. The molecule has 7 heteroatoms. The number of aromatic nitrogens is 2. The van der Waals surface area contributed by atoms with Crippen LogP contribution in [0, 0.1) is 6.92 Å². The molecule has 1 N–H and O–H groups in total. The van der Waals surface area contributed by atoms with Gasteiger partial charge in [-0.1, -0.05) is 11.6 Å². The van der Waals surface area contributed by atoms with Gasteiger partial charge in [0.1, 0.15) is 11.2 Å². The first-order valence-corrected chi connectivity index (χ1v) is 6.70. The minimum atomic E-state index is -0.958. The molecule has 0 bridgehead atoms. The van der Waals surface area contributed by atoms with Gasteiger partial charge >= 0.3 is 5.97 Å². The summed E-state index contributed by atoms with van der Waals surface area (Å²) in [7, 11) is 1.72. The van der Waals surface area contributed by atoms with Crippen molar-refractivity contribution in [3.63, 3.8) is 0 Å². The van der Waals surface area contributed by atoms with Gasteiger partial charge in [0.15, 0.2) is 0 Å². The number of halogens is 1. The van der Waals surface area contributed by atoms with E-state index in [2.05, 4.69) is 5.10 Å². The van der Waals surface area contributed by atoms with Crippen LogP contribution in [0.1, 0.15) is 24.1 Å². The number of rotatable bonds is 3. The Morgan fingerprint density at radius 2 is 2.20 bits per heavy atom. The second-order valence-electron chi connectivity index (χ2n) is 4.77. The number of aryl methyl sites for hydroxylation is 2. The van der Waals surface area contributed by atoms with Crippen LogP contribution in [0.4, 0.5) is 0 Å². The highest BCUT2D eigenvalue weighted by Crippen LogP contribution is 2.21. The van der Waals surface area contributed by atoms with E-state index in [0.29, 0.717) is 30.1 Å². The van der Waals surface area contributed by atoms with Crippen LogP contribution in [-0.4, -0.2) is 44.3 Å². The van der Waals surface area contributed by atoms with Crippen molar-refractivity contribution in [3.8, 4) is 0 Å². The topological polar surface area (TPSA) is 75.4 Å². The molecule has 1 aromatic rings. The molecule has 20 heavy (non-hydrogen) atoms. The fraction of sp³-hybridized carbons (Fsp3) is 0.462. The Bertz CT molecular complexity index is 580. The van der Waals surface area contributed by atoms with Gasteiger partial charge in [0, 0.05) is 25.2 Å². The second kappa shape index (κ2) is 5.66. The van der Waals surface area contributed by atoms with Crippen molar-refractivity contribution in [2.24, 2.45) is 7.05 Å². The number of carboxylic acids is 1.